The third-order valence-corrected chi connectivity index (χ3v) is 6.08. The van der Waals surface area contributed by atoms with Crippen molar-refractivity contribution in [3.63, 3.8) is 0 Å². The van der Waals surface area contributed by atoms with Crippen LogP contribution in [0.25, 0.3) is 6.08 Å². The van der Waals surface area contributed by atoms with E-state index in [1.165, 1.54) is 17.4 Å². The largest absolute Gasteiger partial charge is 0.446 e. The number of fused-ring (bicyclic) bond motifs is 1. The summed E-state index contributed by atoms with van der Waals surface area (Å²) in [6.45, 7) is 1.03. The Kier molecular flexibility index (Phi) is 6.07. The van der Waals surface area contributed by atoms with Gasteiger partial charge in [0.2, 0.25) is 5.91 Å². The first kappa shape index (κ1) is 20.1. The predicted molar refractivity (Wildman–Crippen MR) is 111 cm³/mol. The zero-order valence-corrected chi connectivity index (χ0v) is 16.9. The number of nitriles is 1. The third-order valence-electron chi connectivity index (χ3n) is 4.91. The Morgan fingerprint density at radius 2 is 2.27 bits per heavy atom. The number of carbonyl (C=O) groups excluding carboxylic acids is 2. The molecule has 1 unspecified atom stereocenters. The molecular formula is C21H20N4O4S. The molecule has 9 heteroatoms. The molecule has 2 N–H and O–H groups in total. The van der Waals surface area contributed by atoms with Gasteiger partial charge in [-0.3, -0.25) is 9.78 Å². The summed E-state index contributed by atoms with van der Waals surface area (Å²) in [5, 5.41) is 15.7. The normalized spacial score (nSPS) is 18.2. The van der Waals surface area contributed by atoms with Crippen molar-refractivity contribution < 1.29 is 19.1 Å². The van der Waals surface area contributed by atoms with Gasteiger partial charge in [-0.2, -0.15) is 5.26 Å². The van der Waals surface area contributed by atoms with Crippen LogP contribution in [-0.2, 0) is 27.1 Å². The van der Waals surface area contributed by atoms with Crippen LogP contribution < -0.4 is 10.6 Å². The average Bonchev–Trinajstić information content (AvgIpc) is 3.06. The maximum atomic E-state index is 12.3. The molecule has 0 aromatic carbocycles. The second-order valence-corrected chi connectivity index (χ2v) is 8.18. The molecule has 2 aromatic rings. The van der Waals surface area contributed by atoms with E-state index in [4.69, 9.17) is 9.47 Å². The van der Waals surface area contributed by atoms with Crippen molar-refractivity contribution in [2.75, 3.05) is 18.5 Å². The zero-order valence-electron chi connectivity index (χ0n) is 16.1. The number of pyridine rings is 1. The van der Waals surface area contributed by atoms with E-state index in [9.17, 15) is 14.9 Å². The van der Waals surface area contributed by atoms with E-state index in [1.54, 1.807) is 24.5 Å². The van der Waals surface area contributed by atoms with Crippen LogP contribution >= 0.6 is 11.3 Å². The highest BCUT2D eigenvalue weighted by atomic mass is 32.1. The lowest BCUT2D eigenvalue weighted by Crippen LogP contribution is -2.49. The quantitative estimate of drug-likeness (QED) is 0.714. The van der Waals surface area contributed by atoms with Crippen molar-refractivity contribution in [3.8, 4) is 6.07 Å². The van der Waals surface area contributed by atoms with E-state index in [2.05, 4.69) is 21.7 Å². The number of rotatable bonds is 5. The first-order valence-corrected chi connectivity index (χ1v) is 10.4. The molecule has 2 aliphatic rings. The zero-order chi connectivity index (χ0) is 20.9. The number of hydrogen-bond acceptors (Lipinski definition) is 7. The van der Waals surface area contributed by atoms with Crippen molar-refractivity contribution in [3.05, 3.63) is 52.2 Å². The molecule has 0 spiro atoms. The van der Waals surface area contributed by atoms with Crippen LogP contribution in [0.3, 0.4) is 0 Å². The van der Waals surface area contributed by atoms with E-state index < -0.39 is 6.09 Å². The Morgan fingerprint density at radius 1 is 1.40 bits per heavy atom. The van der Waals surface area contributed by atoms with Gasteiger partial charge in [-0.05, 0) is 36.1 Å². The lowest BCUT2D eigenvalue weighted by Gasteiger charge is -2.28. The van der Waals surface area contributed by atoms with Crippen LogP contribution in [0.15, 0.2) is 30.6 Å². The van der Waals surface area contributed by atoms with Gasteiger partial charge in [0, 0.05) is 29.8 Å². The molecule has 154 valence electrons. The summed E-state index contributed by atoms with van der Waals surface area (Å²) in [7, 11) is 0. The molecule has 2 amide bonds. The second kappa shape index (κ2) is 9.07. The van der Waals surface area contributed by atoms with Crippen LogP contribution in [0.2, 0.25) is 0 Å². The number of anilines is 1. The molecule has 1 saturated heterocycles. The van der Waals surface area contributed by atoms with Crippen LogP contribution in [0.1, 0.15) is 28.0 Å². The van der Waals surface area contributed by atoms with Crippen molar-refractivity contribution in [2.24, 2.45) is 0 Å². The first-order chi connectivity index (χ1) is 14.6. The molecule has 0 bridgehead atoms. The molecule has 2 aromatic heterocycles. The number of aromatic nitrogens is 1. The predicted octanol–water partition coefficient (Wildman–Crippen LogP) is 2.65. The van der Waals surface area contributed by atoms with Gasteiger partial charge in [0.1, 0.15) is 17.2 Å². The number of ether oxygens (including phenoxy) is 2. The summed E-state index contributed by atoms with van der Waals surface area (Å²) >= 11 is 1.36. The fraction of sp³-hybridized carbons (Fsp3) is 0.333. The summed E-state index contributed by atoms with van der Waals surface area (Å²) in [4.78, 5) is 29.3. The number of nitrogens with zero attached hydrogens (tertiary/aromatic N) is 2. The maximum absolute atomic E-state index is 12.3. The summed E-state index contributed by atoms with van der Waals surface area (Å²) < 4.78 is 10.6. The molecular weight excluding hydrogens is 404 g/mol. The Bertz CT molecular complexity index is 1010. The minimum absolute atomic E-state index is 0.0186. The van der Waals surface area contributed by atoms with Gasteiger partial charge in [0.05, 0.1) is 24.8 Å². The van der Waals surface area contributed by atoms with Gasteiger partial charge >= 0.3 is 6.09 Å². The fourth-order valence-electron chi connectivity index (χ4n) is 3.33. The monoisotopic (exact) mass is 424 g/mol. The van der Waals surface area contributed by atoms with Gasteiger partial charge in [0.25, 0.3) is 0 Å². The van der Waals surface area contributed by atoms with Gasteiger partial charge in [-0.15, -0.1) is 11.3 Å². The molecule has 4 rings (SSSR count). The van der Waals surface area contributed by atoms with Crippen LogP contribution in [0.4, 0.5) is 9.80 Å². The summed E-state index contributed by atoms with van der Waals surface area (Å²) in [6.07, 6.45) is 7.50. The smallest absolute Gasteiger partial charge is 0.407 e. The lowest BCUT2D eigenvalue weighted by molar-refractivity contribution is -0.111. The Balaban J connectivity index is 1.39. The topological polar surface area (TPSA) is 113 Å². The van der Waals surface area contributed by atoms with Crippen molar-refractivity contribution >= 4 is 34.4 Å². The van der Waals surface area contributed by atoms with Crippen molar-refractivity contribution in [1.82, 2.24) is 10.3 Å². The lowest BCUT2D eigenvalue weighted by atomic mass is 9.94. The van der Waals surface area contributed by atoms with E-state index in [0.29, 0.717) is 43.0 Å². The maximum Gasteiger partial charge on any atom is 0.407 e. The fourth-order valence-corrected chi connectivity index (χ4v) is 4.60. The Labute approximate surface area is 177 Å². The SMILES string of the molecule is N#Cc1c(NC(=O)C=Cc2cccnc2)sc2c1CCC(OC(=O)NC1COC1)C2. The Hall–Kier alpha value is -3.22. The number of nitrogens with one attached hydrogen (secondary N) is 2. The number of hydrogen-bond donors (Lipinski definition) is 2. The van der Waals surface area contributed by atoms with Gasteiger partial charge in [-0.25, -0.2) is 4.79 Å². The van der Waals surface area contributed by atoms with Crippen LogP contribution in [0, 0.1) is 11.3 Å². The summed E-state index contributed by atoms with van der Waals surface area (Å²) in [5.41, 5.74) is 2.24. The molecule has 8 nitrogen and oxygen atoms in total. The highest BCUT2D eigenvalue weighted by Crippen LogP contribution is 2.38. The van der Waals surface area contributed by atoms with E-state index in [1.807, 2.05) is 6.07 Å². The molecule has 0 radical (unpaired) electrons. The molecule has 3 heterocycles. The first-order valence-electron chi connectivity index (χ1n) is 9.61. The molecule has 1 aliphatic heterocycles. The molecule has 1 fully saturated rings. The standard InChI is InChI=1S/C21H20N4O4S/c22-9-17-16-5-4-15(29-21(27)24-14-11-28-12-14)8-18(16)30-20(17)25-19(26)6-3-13-2-1-7-23-10-13/h1-3,6-7,10,14-15H,4-5,8,11-12H2,(H,24,27)(H,25,26). The molecule has 1 atom stereocenters. The van der Waals surface area contributed by atoms with Crippen molar-refractivity contribution in [1.29, 1.82) is 5.26 Å². The van der Waals surface area contributed by atoms with E-state index in [-0.39, 0.29) is 18.1 Å². The second-order valence-electron chi connectivity index (χ2n) is 7.08. The number of thiophene rings is 1. The molecule has 0 saturated carbocycles. The van der Waals surface area contributed by atoms with Gasteiger partial charge in [0.15, 0.2) is 0 Å². The summed E-state index contributed by atoms with van der Waals surface area (Å²) in [5.74, 6) is -0.316. The van der Waals surface area contributed by atoms with Crippen LogP contribution in [0.5, 0.6) is 0 Å². The average molecular weight is 424 g/mol. The van der Waals surface area contributed by atoms with Crippen LogP contribution in [-0.4, -0.2) is 42.3 Å². The van der Waals surface area contributed by atoms with Gasteiger partial charge in [-0.1, -0.05) is 6.07 Å². The number of amides is 2. The highest BCUT2D eigenvalue weighted by Gasteiger charge is 2.29. The van der Waals surface area contributed by atoms with Gasteiger partial charge < -0.3 is 20.1 Å². The highest BCUT2D eigenvalue weighted by molar-refractivity contribution is 7.16. The minimum atomic E-state index is -0.442. The molecule has 1 aliphatic carbocycles. The minimum Gasteiger partial charge on any atom is -0.446 e. The van der Waals surface area contributed by atoms with E-state index >= 15 is 0 Å². The Morgan fingerprint density at radius 3 is 2.97 bits per heavy atom. The number of carbonyl (C=O) groups is 2. The number of alkyl carbamates (subject to hydrolysis) is 1. The van der Waals surface area contributed by atoms with E-state index in [0.717, 1.165) is 16.0 Å². The van der Waals surface area contributed by atoms with Crippen molar-refractivity contribution in [2.45, 2.75) is 31.4 Å². The summed E-state index contributed by atoms with van der Waals surface area (Å²) in [6, 6.07) is 5.86. The third kappa shape index (κ3) is 4.67. The molecule has 30 heavy (non-hydrogen) atoms.